The SMILES string of the molecule is O=C(O)c1cc(S(=O)Cc2ccc(Br)cc2Cl)ccc1Br. The van der Waals surface area contributed by atoms with Gasteiger partial charge in [-0.25, -0.2) is 4.79 Å². The molecular formula is C14H9Br2ClO3S. The lowest BCUT2D eigenvalue weighted by atomic mass is 10.2. The second kappa shape index (κ2) is 7.05. The third-order valence-electron chi connectivity index (χ3n) is 2.73. The highest BCUT2D eigenvalue weighted by molar-refractivity contribution is 9.10. The Balaban J connectivity index is 2.28. The van der Waals surface area contributed by atoms with Crippen molar-refractivity contribution in [3.05, 3.63) is 61.5 Å². The van der Waals surface area contributed by atoms with Gasteiger partial charge in [-0.3, -0.25) is 4.21 Å². The third kappa shape index (κ3) is 4.16. The van der Waals surface area contributed by atoms with Crippen LogP contribution in [0.25, 0.3) is 0 Å². The molecule has 110 valence electrons. The van der Waals surface area contributed by atoms with E-state index in [4.69, 9.17) is 16.7 Å². The molecule has 1 N–H and O–H groups in total. The van der Waals surface area contributed by atoms with Gasteiger partial charge in [-0.15, -0.1) is 0 Å². The first-order valence-corrected chi connectivity index (χ1v) is 9.02. The number of carboxylic acids is 1. The number of rotatable bonds is 4. The minimum atomic E-state index is -1.37. The highest BCUT2D eigenvalue weighted by Gasteiger charge is 2.14. The molecule has 2 aromatic rings. The van der Waals surface area contributed by atoms with Crippen LogP contribution in [0.3, 0.4) is 0 Å². The predicted molar refractivity (Wildman–Crippen MR) is 90.4 cm³/mol. The summed E-state index contributed by atoms with van der Waals surface area (Å²) in [5.41, 5.74) is 0.834. The van der Waals surface area contributed by atoms with Gasteiger partial charge in [0.05, 0.1) is 22.1 Å². The van der Waals surface area contributed by atoms with E-state index < -0.39 is 16.8 Å². The summed E-state index contributed by atoms with van der Waals surface area (Å²) in [6, 6.07) is 9.98. The molecule has 0 radical (unpaired) electrons. The van der Waals surface area contributed by atoms with E-state index >= 15 is 0 Å². The Morgan fingerprint density at radius 2 is 1.90 bits per heavy atom. The van der Waals surface area contributed by atoms with E-state index in [1.165, 1.54) is 6.07 Å². The second-order valence-corrected chi connectivity index (χ2v) is 7.80. The molecule has 0 aliphatic carbocycles. The molecule has 3 nitrogen and oxygen atoms in total. The number of hydrogen-bond acceptors (Lipinski definition) is 2. The van der Waals surface area contributed by atoms with E-state index in [0.717, 1.165) is 10.0 Å². The number of aromatic carboxylic acids is 1. The quantitative estimate of drug-likeness (QED) is 0.720. The van der Waals surface area contributed by atoms with Crippen molar-refractivity contribution < 1.29 is 14.1 Å². The van der Waals surface area contributed by atoms with Crippen LogP contribution in [0.1, 0.15) is 15.9 Å². The molecule has 0 spiro atoms. The summed E-state index contributed by atoms with van der Waals surface area (Å²) < 4.78 is 13.7. The summed E-state index contributed by atoms with van der Waals surface area (Å²) in [5.74, 6) is -0.838. The van der Waals surface area contributed by atoms with E-state index in [1.807, 2.05) is 6.07 Å². The molecule has 0 bridgehead atoms. The third-order valence-corrected chi connectivity index (χ3v) is 5.62. The maximum atomic E-state index is 12.4. The lowest BCUT2D eigenvalue weighted by Crippen LogP contribution is -2.02. The van der Waals surface area contributed by atoms with Gasteiger partial charge in [0.25, 0.3) is 0 Å². The van der Waals surface area contributed by atoms with Crippen molar-refractivity contribution >= 4 is 60.2 Å². The fraction of sp³-hybridized carbons (Fsp3) is 0.0714. The van der Waals surface area contributed by atoms with Crippen LogP contribution in [-0.2, 0) is 16.6 Å². The van der Waals surface area contributed by atoms with Crippen molar-refractivity contribution in [2.45, 2.75) is 10.6 Å². The second-order valence-electron chi connectivity index (χ2n) is 4.17. The summed E-state index contributed by atoms with van der Waals surface area (Å²) in [5, 5.41) is 9.60. The normalized spacial score (nSPS) is 12.1. The molecule has 0 amide bonds. The number of carboxylic acid groups (broad SMARTS) is 1. The van der Waals surface area contributed by atoms with Gasteiger partial charge in [-0.05, 0) is 51.8 Å². The average molecular weight is 453 g/mol. The zero-order valence-corrected chi connectivity index (χ0v) is 15.2. The summed E-state index contributed by atoms with van der Waals surface area (Å²) >= 11 is 12.6. The molecule has 0 aromatic heterocycles. The van der Waals surface area contributed by atoms with Crippen LogP contribution >= 0.6 is 43.5 Å². The topological polar surface area (TPSA) is 54.4 Å². The number of hydrogen-bond donors (Lipinski definition) is 1. The highest BCUT2D eigenvalue weighted by Crippen LogP contribution is 2.25. The highest BCUT2D eigenvalue weighted by atomic mass is 79.9. The molecule has 1 unspecified atom stereocenters. The Hall–Kier alpha value is -0.690. The van der Waals surface area contributed by atoms with E-state index in [9.17, 15) is 9.00 Å². The Kier molecular flexibility index (Phi) is 5.60. The van der Waals surface area contributed by atoms with Gasteiger partial charge in [-0.2, -0.15) is 0 Å². The van der Waals surface area contributed by atoms with Crippen LogP contribution < -0.4 is 0 Å². The Labute approximate surface area is 146 Å². The summed E-state index contributed by atoms with van der Waals surface area (Å²) in [7, 11) is -1.37. The van der Waals surface area contributed by atoms with Crippen LogP contribution in [0.4, 0.5) is 0 Å². The first-order chi connectivity index (χ1) is 9.88. The van der Waals surface area contributed by atoms with Crippen LogP contribution in [-0.4, -0.2) is 15.3 Å². The molecule has 1 atom stereocenters. The molecule has 7 heteroatoms. The number of benzene rings is 2. The zero-order valence-electron chi connectivity index (χ0n) is 10.5. The maximum Gasteiger partial charge on any atom is 0.336 e. The van der Waals surface area contributed by atoms with Gasteiger partial charge in [0, 0.05) is 18.9 Å². The van der Waals surface area contributed by atoms with Gasteiger partial charge in [-0.1, -0.05) is 33.6 Å². The minimum absolute atomic E-state index is 0.0859. The Morgan fingerprint density at radius 1 is 1.19 bits per heavy atom. The molecule has 0 aliphatic heterocycles. The standard InChI is InChI=1S/C14H9Br2ClO3S/c15-9-2-1-8(13(17)5-9)7-21(20)10-3-4-12(16)11(6-10)14(18)19/h1-6H,7H2,(H,18,19). The van der Waals surface area contributed by atoms with E-state index in [0.29, 0.717) is 14.4 Å². The number of carbonyl (C=O) groups is 1. The zero-order chi connectivity index (χ0) is 15.6. The van der Waals surface area contributed by atoms with Crippen LogP contribution in [0.5, 0.6) is 0 Å². The average Bonchev–Trinajstić information content (AvgIpc) is 2.42. The minimum Gasteiger partial charge on any atom is -0.478 e. The van der Waals surface area contributed by atoms with Gasteiger partial charge >= 0.3 is 5.97 Å². The Bertz CT molecular complexity index is 734. The summed E-state index contributed by atoms with van der Waals surface area (Å²) in [6.07, 6.45) is 0. The molecule has 21 heavy (non-hydrogen) atoms. The molecule has 0 fully saturated rings. The van der Waals surface area contributed by atoms with Crippen molar-refractivity contribution in [3.63, 3.8) is 0 Å². The van der Waals surface area contributed by atoms with Gasteiger partial charge in [0.2, 0.25) is 0 Å². The molecule has 0 heterocycles. The van der Waals surface area contributed by atoms with Crippen LogP contribution in [0.2, 0.25) is 5.02 Å². The van der Waals surface area contributed by atoms with Crippen molar-refractivity contribution in [3.8, 4) is 0 Å². The summed E-state index contributed by atoms with van der Waals surface area (Å²) in [4.78, 5) is 11.5. The largest absolute Gasteiger partial charge is 0.478 e. The van der Waals surface area contributed by atoms with E-state index in [1.54, 1.807) is 24.3 Å². The van der Waals surface area contributed by atoms with Gasteiger partial charge < -0.3 is 5.11 Å². The van der Waals surface area contributed by atoms with Crippen molar-refractivity contribution in [1.82, 2.24) is 0 Å². The first kappa shape index (κ1) is 16.7. The Morgan fingerprint density at radius 3 is 2.52 bits per heavy atom. The molecule has 2 rings (SSSR count). The van der Waals surface area contributed by atoms with Crippen molar-refractivity contribution in [2.24, 2.45) is 0 Å². The number of halogens is 3. The van der Waals surface area contributed by atoms with Gasteiger partial charge in [0.15, 0.2) is 0 Å². The van der Waals surface area contributed by atoms with Gasteiger partial charge in [0.1, 0.15) is 0 Å². The fourth-order valence-corrected chi connectivity index (χ4v) is 4.08. The van der Waals surface area contributed by atoms with Crippen LogP contribution in [0.15, 0.2) is 50.2 Å². The maximum absolute atomic E-state index is 12.4. The predicted octanol–water partition coefficient (Wildman–Crippen LogP) is 4.87. The van der Waals surface area contributed by atoms with Crippen molar-refractivity contribution in [1.29, 1.82) is 0 Å². The molecule has 0 saturated carbocycles. The molecule has 0 aliphatic rings. The summed E-state index contributed by atoms with van der Waals surface area (Å²) in [6.45, 7) is 0. The molecule has 0 saturated heterocycles. The van der Waals surface area contributed by atoms with E-state index in [-0.39, 0.29) is 11.3 Å². The lowest BCUT2D eigenvalue weighted by Gasteiger charge is -2.07. The van der Waals surface area contributed by atoms with Crippen molar-refractivity contribution in [2.75, 3.05) is 0 Å². The molecule has 2 aromatic carbocycles. The monoisotopic (exact) mass is 450 g/mol. The smallest absolute Gasteiger partial charge is 0.336 e. The molecular weight excluding hydrogens is 443 g/mol. The fourth-order valence-electron chi connectivity index (χ4n) is 1.67. The van der Waals surface area contributed by atoms with E-state index in [2.05, 4.69) is 31.9 Å². The lowest BCUT2D eigenvalue weighted by molar-refractivity contribution is 0.0695. The first-order valence-electron chi connectivity index (χ1n) is 5.73. The van der Waals surface area contributed by atoms with Crippen LogP contribution in [0, 0.1) is 0 Å².